The summed E-state index contributed by atoms with van der Waals surface area (Å²) in [5, 5.41) is 6.62. The molecule has 1 amide bonds. The van der Waals surface area contributed by atoms with Crippen LogP contribution in [0.1, 0.15) is 19.8 Å². The lowest BCUT2D eigenvalue weighted by Crippen LogP contribution is -2.55. The van der Waals surface area contributed by atoms with Crippen molar-refractivity contribution in [3.8, 4) is 0 Å². The fraction of sp³-hybridized carbons (Fsp3) is 0.667. The predicted octanol–water partition coefficient (Wildman–Crippen LogP) is -1.06. The van der Waals surface area contributed by atoms with Crippen molar-refractivity contribution in [2.45, 2.75) is 30.2 Å². The van der Waals surface area contributed by atoms with Crippen LogP contribution in [0.15, 0.2) is 17.3 Å². The third-order valence-electron chi connectivity index (χ3n) is 3.74. The number of aromatic nitrogens is 2. The zero-order chi connectivity index (χ0) is 15.7. The second-order valence-electron chi connectivity index (χ2n) is 5.62. The molecule has 4 N–H and O–H groups in total. The van der Waals surface area contributed by atoms with Crippen molar-refractivity contribution in [3.05, 3.63) is 12.4 Å². The van der Waals surface area contributed by atoms with Gasteiger partial charge in [-0.25, -0.2) is 13.1 Å². The van der Waals surface area contributed by atoms with E-state index in [0.717, 1.165) is 12.8 Å². The molecule has 21 heavy (non-hydrogen) atoms. The Balaban J connectivity index is 1.92. The van der Waals surface area contributed by atoms with Crippen molar-refractivity contribution < 1.29 is 13.2 Å². The second-order valence-corrected chi connectivity index (χ2v) is 7.39. The van der Waals surface area contributed by atoms with E-state index in [1.165, 1.54) is 17.1 Å². The Morgan fingerprint density at radius 2 is 2.24 bits per heavy atom. The van der Waals surface area contributed by atoms with Gasteiger partial charge in [0, 0.05) is 19.8 Å². The van der Waals surface area contributed by atoms with E-state index >= 15 is 0 Å². The summed E-state index contributed by atoms with van der Waals surface area (Å²) in [7, 11) is -2.11. The zero-order valence-electron chi connectivity index (χ0n) is 12.2. The molecule has 1 heterocycles. The van der Waals surface area contributed by atoms with Crippen molar-refractivity contribution in [2.75, 3.05) is 13.1 Å². The van der Waals surface area contributed by atoms with E-state index in [1.807, 2.05) is 6.92 Å². The van der Waals surface area contributed by atoms with Crippen molar-refractivity contribution >= 4 is 15.9 Å². The lowest BCUT2D eigenvalue weighted by molar-refractivity contribution is -0.121. The Labute approximate surface area is 124 Å². The number of nitrogens with two attached hydrogens (primary N) is 1. The van der Waals surface area contributed by atoms with Crippen LogP contribution < -0.4 is 15.8 Å². The standard InChI is InChI=1S/C12H21N5O3S/c1-12(8-13,9-3-4-9)16-11(18)6-15-21(19,20)10-5-14-17(2)7-10/h5,7,9,15H,3-4,6,8,13H2,1-2H3,(H,16,18). The summed E-state index contributed by atoms with van der Waals surface area (Å²) in [6.07, 6.45) is 4.67. The van der Waals surface area contributed by atoms with E-state index in [4.69, 9.17) is 5.73 Å². The molecule has 0 radical (unpaired) electrons. The van der Waals surface area contributed by atoms with Gasteiger partial charge in [-0.2, -0.15) is 5.10 Å². The lowest BCUT2D eigenvalue weighted by atomic mass is 9.96. The van der Waals surface area contributed by atoms with Crippen molar-refractivity contribution in [3.63, 3.8) is 0 Å². The van der Waals surface area contributed by atoms with Crippen LogP contribution in [0.4, 0.5) is 0 Å². The summed E-state index contributed by atoms with van der Waals surface area (Å²) in [5.41, 5.74) is 5.25. The summed E-state index contributed by atoms with van der Waals surface area (Å²) in [4.78, 5) is 11.9. The number of sulfonamides is 1. The van der Waals surface area contributed by atoms with Crippen LogP contribution in [0.25, 0.3) is 0 Å². The molecule has 118 valence electrons. The molecule has 1 aliphatic rings. The molecule has 9 heteroatoms. The molecule has 1 saturated carbocycles. The van der Waals surface area contributed by atoms with Crippen LogP contribution in [0, 0.1) is 5.92 Å². The molecule has 1 fully saturated rings. The summed E-state index contributed by atoms with van der Waals surface area (Å²) >= 11 is 0. The fourth-order valence-corrected chi connectivity index (χ4v) is 3.15. The molecule has 1 unspecified atom stereocenters. The molecule has 1 atom stereocenters. The minimum Gasteiger partial charge on any atom is -0.348 e. The van der Waals surface area contributed by atoms with Gasteiger partial charge in [0.1, 0.15) is 4.90 Å². The molecular formula is C12H21N5O3S. The van der Waals surface area contributed by atoms with Gasteiger partial charge in [-0.3, -0.25) is 9.48 Å². The SMILES string of the molecule is Cn1cc(S(=O)(=O)NCC(=O)NC(C)(CN)C2CC2)cn1. The van der Waals surface area contributed by atoms with Crippen molar-refractivity contribution in [1.82, 2.24) is 19.8 Å². The smallest absolute Gasteiger partial charge is 0.244 e. The van der Waals surface area contributed by atoms with Crippen LogP contribution in [-0.2, 0) is 21.9 Å². The first-order chi connectivity index (χ1) is 9.77. The van der Waals surface area contributed by atoms with Gasteiger partial charge in [-0.1, -0.05) is 0 Å². The Morgan fingerprint density at radius 1 is 1.57 bits per heavy atom. The highest BCUT2D eigenvalue weighted by atomic mass is 32.2. The summed E-state index contributed by atoms with van der Waals surface area (Å²) in [5.74, 6) is -0.0105. The quantitative estimate of drug-likeness (QED) is 0.593. The van der Waals surface area contributed by atoms with Crippen LogP contribution in [0.2, 0.25) is 0 Å². The first-order valence-corrected chi connectivity index (χ1v) is 8.24. The highest BCUT2D eigenvalue weighted by Gasteiger charge is 2.41. The maximum Gasteiger partial charge on any atom is 0.244 e. The Bertz CT molecular complexity index is 623. The van der Waals surface area contributed by atoms with Crippen LogP contribution in [0.5, 0.6) is 0 Å². The molecule has 0 saturated heterocycles. The molecular weight excluding hydrogens is 294 g/mol. The highest BCUT2D eigenvalue weighted by Crippen LogP contribution is 2.38. The largest absolute Gasteiger partial charge is 0.348 e. The van der Waals surface area contributed by atoms with E-state index in [9.17, 15) is 13.2 Å². The highest BCUT2D eigenvalue weighted by molar-refractivity contribution is 7.89. The molecule has 1 aliphatic carbocycles. The third-order valence-corrected chi connectivity index (χ3v) is 5.10. The van der Waals surface area contributed by atoms with E-state index in [-0.39, 0.29) is 17.3 Å². The van der Waals surface area contributed by atoms with Gasteiger partial charge in [-0.05, 0) is 25.7 Å². The molecule has 1 aromatic rings. The van der Waals surface area contributed by atoms with Gasteiger partial charge < -0.3 is 11.1 Å². The van der Waals surface area contributed by atoms with E-state index < -0.39 is 15.6 Å². The molecule has 8 nitrogen and oxygen atoms in total. The minimum atomic E-state index is -3.73. The monoisotopic (exact) mass is 315 g/mol. The van der Waals surface area contributed by atoms with Crippen molar-refractivity contribution in [2.24, 2.45) is 18.7 Å². The Kier molecular flexibility index (Phi) is 4.35. The van der Waals surface area contributed by atoms with Gasteiger partial charge in [-0.15, -0.1) is 0 Å². The van der Waals surface area contributed by atoms with Gasteiger partial charge in [0.05, 0.1) is 18.3 Å². The number of hydrogen-bond acceptors (Lipinski definition) is 5. The van der Waals surface area contributed by atoms with E-state index in [2.05, 4.69) is 15.1 Å². The second kappa shape index (κ2) is 5.74. The Morgan fingerprint density at radius 3 is 2.71 bits per heavy atom. The average molecular weight is 315 g/mol. The number of nitrogens with zero attached hydrogens (tertiary/aromatic N) is 2. The molecule has 0 aliphatic heterocycles. The van der Waals surface area contributed by atoms with Gasteiger partial charge in [0.2, 0.25) is 15.9 Å². The number of carbonyl (C=O) groups excluding carboxylic acids is 1. The number of nitrogens with one attached hydrogen (secondary N) is 2. The predicted molar refractivity (Wildman–Crippen MR) is 76.7 cm³/mol. The van der Waals surface area contributed by atoms with Gasteiger partial charge in [0.25, 0.3) is 0 Å². The number of amides is 1. The molecule has 1 aromatic heterocycles. The van der Waals surface area contributed by atoms with Crippen LogP contribution in [0.3, 0.4) is 0 Å². The van der Waals surface area contributed by atoms with Gasteiger partial charge >= 0.3 is 0 Å². The van der Waals surface area contributed by atoms with Crippen LogP contribution >= 0.6 is 0 Å². The lowest BCUT2D eigenvalue weighted by Gasteiger charge is -2.29. The van der Waals surface area contributed by atoms with E-state index in [1.54, 1.807) is 7.05 Å². The number of aryl methyl sites for hydroxylation is 1. The third kappa shape index (κ3) is 3.80. The van der Waals surface area contributed by atoms with Crippen molar-refractivity contribution in [1.29, 1.82) is 0 Å². The maximum atomic E-state index is 12.0. The fourth-order valence-electron chi connectivity index (χ4n) is 2.18. The average Bonchev–Trinajstić information content (AvgIpc) is 3.19. The first-order valence-electron chi connectivity index (χ1n) is 6.76. The molecule has 2 rings (SSSR count). The number of hydrogen-bond donors (Lipinski definition) is 3. The topological polar surface area (TPSA) is 119 Å². The first kappa shape index (κ1) is 15.9. The minimum absolute atomic E-state index is 0.0292. The summed E-state index contributed by atoms with van der Waals surface area (Å²) < 4.78 is 27.6. The summed E-state index contributed by atoms with van der Waals surface area (Å²) in [6, 6.07) is 0. The Hall–Kier alpha value is -1.45. The molecule has 0 aromatic carbocycles. The number of carbonyl (C=O) groups is 1. The summed E-state index contributed by atoms with van der Waals surface area (Å²) in [6.45, 7) is 1.90. The zero-order valence-corrected chi connectivity index (χ0v) is 13.0. The van der Waals surface area contributed by atoms with E-state index in [0.29, 0.717) is 12.5 Å². The maximum absolute atomic E-state index is 12.0. The number of rotatable bonds is 7. The molecule has 0 bridgehead atoms. The van der Waals surface area contributed by atoms with Gasteiger partial charge in [0.15, 0.2) is 0 Å². The molecule has 0 spiro atoms. The normalized spacial score (nSPS) is 18.2. The van der Waals surface area contributed by atoms with Crippen LogP contribution in [-0.4, -0.2) is 42.7 Å².